The van der Waals surface area contributed by atoms with Gasteiger partial charge in [-0.05, 0) is 42.0 Å². The maximum atomic E-state index is 13.2. The van der Waals surface area contributed by atoms with Crippen molar-refractivity contribution in [2.75, 3.05) is 31.2 Å². The van der Waals surface area contributed by atoms with E-state index < -0.39 is 5.82 Å². The highest BCUT2D eigenvalue weighted by atomic mass is 19.1. The number of carbonyl (C=O) groups is 2. The number of nitrogens with one attached hydrogen (secondary N) is 1. The molecule has 0 saturated carbocycles. The topological polar surface area (TPSA) is 71.5 Å². The van der Waals surface area contributed by atoms with Crippen LogP contribution in [-0.4, -0.2) is 43.0 Å². The van der Waals surface area contributed by atoms with Gasteiger partial charge in [-0.15, -0.1) is 0 Å². The molecule has 4 rings (SSSR count). The van der Waals surface area contributed by atoms with E-state index in [1.165, 1.54) is 24.3 Å². The number of benzene rings is 2. The molecule has 31 heavy (non-hydrogen) atoms. The standard InChI is InChI=1S/C24H22FN3O3/c25-19-8-6-18(7-9-19)23(29)20-3-1-2-4-21(20)24(30)27-16-17-5-10-22(26-15-17)28-11-13-31-14-12-28/h1-10,15H,11-14,16H2,(H,27,30). The van der Waals surface area contributed by atoms with Gasteiger partial charge >= 0.3 is 0 Å². The van der Waals surface area contributed by atoms with Crippen LogP contribution < -0.4 is 10.2 Å². The molecule has 3 aromatic rings. The molecule has 1 saturated heterocycles. The summed E-state index contributed by atoms with van der Waals surface area (Å²) in [5.41, 5.74) is 1.72. The third-order valence-electron chi connectivity index (χ3n) is 5.12. The highest BCUT2D eigenvalue weighted by Gasteiger charge is 2.18. The predicted molar refractivity (Wildman–Crippen MR) is 115 cm³/mol. The number of anilines is 1. The Balaban J connectivity index is 1.43. The van der Waals surface area contributed by atoms with E-state index in [-0.39, 0.29) is 29.4 Å². The van der Waals surface area contributed by atoms with Crippen molar-refractivity contribution in [3.05, 3.63) is 94.9 Å². The molecule has 0 radical (unpaired) electrons. The number of rotatable bonds is 6. The maximum Gasteiger partial charge on any atom is 0.252 e. The second-order valence-corrected chi connectivity index (χ2v) is 7.19. The molecule has 1 amide bonds. The van der Waals surface area contributed by atoms with Gasteiger partial charge in [0, 0.05) is 37.0 Å². The number of morpholine rings is 1. The summed E-state index contributed by atoms with van der Waals surface area (Å²) < 4.78 is 18.5. The first-order valence-electron chi connectivity index (χ1n) is 10.1. The van der Waals surface area contributed by atoms with Crippen molar-refractivity contribution < 1.29 is 18.7 Å². The Morgan fingerprint density at radius 2 is 1.68 bits per heavy atom. The van der Waals surface area contributed by atoms with Crippen molar-refractivity contribution in [2.24, 2.45) is 0 Å². The third kappa shape index (κ3) is 4.95. The molecule has 0 spiro atoms. The van der Waals surface area contributed by atoms with Crippen LogP contribution in [0.25, 0.3) is 0 Å². The molecule has 2 heterocycles. The van der Waals surface area contributed by atoms with Gasteiger partial charge in [-0.3, -0.25) is 9.59 Å². The van der Waals surface area contributed by atoms with Crippen molar-refractivity contribution in [1.29, 1.82) is 0 Å². The molecule has 158 valence electrons. The summed E-state index contributed by atoms with van der Waals surface area (Å²) in [6, 6.07) is 15.7. The Kier molecular flexibility index (Phi) is 6.33. The molecule has 6 nitrogen and oxygen atoms in total. The molecule has 2 aromatic carbocycles. The lowest BCUT2D eigenvalue weighted by atomic mass is 9.98. The van der Waals surface area contributed by atoms with Crippen LogP contribution in [-0.2, 0) is 11.3 Å². The first-order valence-corrected chi connectivity index (χ1v) is 10.1. The molecule has 0 atom stereocenters. The molecule has 0 aliphatic carbocycles. The smallest absolute Gasteiger partial charge is 0.252 e. The zero-order valence-corrected chi connectivity index (χ0v) is 16.9. The molecule has 7 heteroatoms. The summed E-state index contributed by atoms with van der Waals surface area (Å²) in [5.74, 6) is -0.227. The third-order valence-corrected chi connectivity index (χ3v) is 5.12. The number of nitrogens with zero attached hydrogens (tertiary/aromatic N) is 2. The SMILES string of the molecule is O=C(NCc1ccc(N2CCOCC2)nc1)c1ccccc1C(=O)c1ccc(F)cc1. The minimum absolute atomic E-state index is 0.271. The number of aromatic nitrogens is 1. The van der Waals surface area contributed by atoms with Gasteiger partial charge in [0.1, 0.15) is 11.6 Å². The van der Waals surface area contributed by atoms with Crippen molar-refractivity contribution >= 4 is 17.5 Å². The zero-order valence-electron chi connectivity index (χ0n) is 16.9. The number of pyridine rings is 1. The summed E-state index contributed by atoms with van der Waals surface area (Å²) >= 11 is 0. The highest BCUT2D eigenvalue weighted by Crippen LogP contribution is 2.16. The Morgan fingerprint density at radius 3 is 2.35 bits per heavy atom. The summed E-state index contributed by atoms with van der Waals surface area (Å²) in [6.45, 7) is 3.28. The Labute approximate surface area is 179 Å². The molecular formula is C24H22FN3O3. The molecule has 0 bridgehead atoms. The van der Waals surface area contributed by atoms with E-state index in [1.807, 2.05) is 12.1 Å². The highest BCUT2D eigenvalue weighted by molar-refractivity contribution is 6.15. The summed E-state index contributed by atoms with van der Waals surface area (Å²) in [5, 5.41) is 2.85. The molecule has 1 N–H and O–H groups in total. The Bertz CT molecular complexity index is 1060. The lowest BCUT2D eigenvalue weighted by Crippen LogP contribution is -2.36. The minimum atomic E-state index is -0.421. The monoisotopic (exact) mass is 419 g/mol. The molecular weight excluding hydrogens is 397 g/mol. The minimum Gasteiger partial charge on any atom is -0.378 e. The van der Waals surface area contributed by atoms with Crippen LogP contribution in [0.2, 0.25) is 0 Å². The first kappa shape index (κ1) is 20.7. The summed E-state index contributed by atoms with van der Waals surface area (Å²) in [7, 11) is 0. The largest absolute Gasteiger partial charge is 0.378 e. The maximum absolute atomic E-state index is 13.2. The molecule has 1 aromatic heterocycles. The Morgan fingerprint density at radius 1 is 0.968 bits per heavy atom. The van der Waals surface area contributed by atoms with Gasteiger partial charge in [0.2, 0.25) is 0 Å². The van der Waals surface area contributed by atoms with Gasteiger partial charge in [0.25, 0.3) is 5.91 Å². The lowest BCUT2D eigenvalue weighted by Gasteiger charge is -2.27. The number of ketones is 1. The number of hydrogen-bond donors (Lipinski definition) is 1. The van der Waals surface area contributed by atoms with E-state index in [1.54, 1.807) is 30.5 Å². The quantitative estimate of drug-likeness (QED) is 0.622. The van der Waals surface area contributed by atoms with Crippen LogP contribution in [0.15, 0.2) is 66.9 Å². The van der Waals surface area contributed by atoms with E-state index in [9.17, 15) is 14.0 Å². The van der Waals surface area contributed by atoms with Gasteiger partial charge in [-0.1, -0.05) is 24.3 Å². The van der Waals surface area contributed by atoms with Crippen LogP contribution in [0.1, 0.15) is 31.8 Å². The van der Waals surface area contributed by atoms with Crippen molar-refractivity contribution in [3.63, 3.8) is 0 Å². The van der Waals surface area contributed by atoms with Crippen LogP contribution in [0.4, 0.5) is 10.2 Å². The van der Waals surface area contributed by atoms with Gasteiger partial charge in [0.15, 0.2) is 5.78 Å². The van der Waals surface area contributed by atoms with Crippen LogP contribution in [0, 0.1) is 5.82 Å². The van der Waals surface area contributed by atoms with Crippen LogP contribution in [0.3, 0.4) is 0 Å². The van der Waals surface area contributed by atoms with Crippen molar-refractivity contribution in [1.82, 2.24) is 10.3 Å². The van der Waals surface area contributed by atoms with Gasteiger partial charge in [-0.2, -0.15) is 0 Å². The number of carbonyl (C=O) groups excluding carboxylic acids is 2. The number of halogens is 1. The van der Waals surface area contributed by atoms with Crippen LogP contribution >= 0.6 is 0 Å². The Hall–Kier alpha value is -3.58. The molecule has 1 aliphatic heterocycles. The van der Waals surface area contributed by atoms with E-state index in [0.29, 0.717) is 18.8 Å². The second-order valence-electron chi connectivity index (χ2n) is 7.19. The fraction of sp³-hybridized carbons (Fsp3) is 0.208. The number of amides is 1. The molecule has 1 aliphatic rings. The van der Waals surface area contributed by atoms with E-state index in [2.05, 4.69) is 15.2 Å². The predicted octanol–water partition coefficient (Wildman–Crippen LogP) is 3.22. The van der Waals surface area contributed by atoms with E-state index >= 15 is 0 Å². The molecule has 0 unspecified atom stereocenters. The summed E-state index contributed by atoms with van der Waals surface area (Å²) in [4.78, 5) is 32.2. The second kappa shape index (κ2) is 9.49. The fourth-order valence-corrected chi connectivity index (χ4v) is 3.41. The summed E-state index contributed by atoms with van der Waals surface area (Å²) in [6.07, 6.45) is 1.74. The number of ether oxygens (including phenoxy) is 1. The van der Waals surface area contributed by atoms with E-state index in [4.69, 9.17) is 4.74 Å². The average molecular weight is 419 g/mol. The fourth-order valence-electron chi connectivity index (χ4n) is 3.41. The normalized spacial score (nSPS) is 13.6. The lowest BCUT2D eigenvalue weighted by molar-refractivity contribution is 0.0939. The van der Waals surface area contributed by atoms with Crippen LogP contribution in [0.5, 0.6) is 0 Å². The van der Waals surface area contributed by atoms with Crippen molar-refractivity contribution in [3.8, 4) is 0 Å². The van der Waals surface area contributed by atoms with Gasteiger partial charge in [0.05, 0.1) is 18.8 Å². The average Bonchev–Trinajstić information content (AvgIpc) is 2.83. The van der Waals surface area contributed by atoms with Gasteiger partial charge < -0.3 is 15.0 Å². The van der Waals surface area contributed by atoms with Crippen molar-refractivity contribution in [2.45, 2.75) is 6.54 Å². The number of hydrogen-bond acceptors (Lipinski definition) is 5. The molecule has 1 fully saturated rings. The van der Waals surface area contributed by atoms with E-state index in [0.717, 1.165) is 24.5 Å². The zero-order chi connectivity index (χ0) is 21.6. The first-order chi connectivity index (χ1) is 15.1. The van der Waals surface area contributed by atoms with Gasteiger partial charge in [-0.25, -0.2) is 9.37 Å².